The maximum atomic E-state index is 12.4. The molecule has 134 valence electrons. The van der Waals surface area contributed by atoms with Gasteiger partial charge >= 0.3 is 0 Å². The van der Waals surface area contributed by atoms with Crippen molar-refractivity contribution in [1.82, 2.24) is 24.6 Å². The van der Waals surface area contributed by atoms with Crippen molar-refractivity contribution in [3.05, 3.63) is 42.6 Å². The molecular formula is C20H23N5O. The number of hydrogen-bond acceptors (Lipinski definition) is 5. The fraction of sp³-hybridized carbons (Fsp3) is 0.400. The summed E-state index contributed by atoms with van der Waals surface area (Å²) in [4.78, 5) is 23.5. The van der Waals surface area contributed by atoms with Crippen molar-refractivity contribution >= 4 is 16.7 Å². The molecular weight excluding hydrogens is 326 g/mol. The Morgan fingerprint density at radius 3 is 2.81 bits per heavy atom. The number of carbonyl (C=O) groups excluding carboxylic acids is 1. The van der Waals surface area contributed by atoms with Crippen LogP contribution in [0.4, 0.5) is 0 Å². The van der Waals surface area contributed by atoms with Crippen LogP contribution < -0.4 is 0 Å². The molecule has 6 nitrogen and oxygen atoms in total. The third-order valence-corrected chi connectivity index (χ3v) is 5.15. The first kappa shape index (κ1) is 16.8. The number of aryl methyl sites for hydroxylation is 1. The largest absolute Gasteiger partial charge is 0.298 e. The van der Waals surface area contributed by atoms with Crippen molar-refractivity contribution < 1.29 is 4.79 Å². The second-order valence-corrected chi connectivity index (χ2v) is 7.18. The number of aromatic nitrogens is 4. The van der Waals surface area contributed by atoms with E-state index in [4.69, 9.17) is 0 Å². The quantitative estimate of drug-likeness (QED) is 0.684. The lowest BCUT2D eigenvalue weighted by Gasteiger charge is -2.34. The molecule has 1 saturated carbocycles. The summed E-state index contributed by atoms with van der Waals surface area (Å²) in [6.07, 6.45) is 9.57. The number of ketones is 1. The molecule has 6 heteroatoms. The molecule has 0 spiro atoms. The number of benzene rings is 1. The zero-order valence-electron chi connectivity index (χ0n) is 15.2. The molecule has 3 aromatic rings. The van der Waals surface area contributed by atoms with Crippen LogP contribution in [0.5, 0.6) is 0 Å². The molecule has 0 atom stereocenters. The zero-order chi connectivity index (χ0) is 18.1. The van der Waals surface area contributed by atoms with E-state index in [1.807, 2.05) is 44.7 Å². The molecule has 1 aliphatic rings. The van der Waals surface area contributed by atoms with Crippen LogP contribution in [0.15, 0.2) is 36.8 Å². The number of likely N-dealkylation sites (N-methyl/N-ethyl adjacent to an activating group) is 1. The summed E-state index contributed by atoms with van der Waals surface area (Å²) in [5, 5.41) is 5.19. The third-order valence-electron chi connectivity index (χ3n) is 5.15. The molecule has 0 aliphatic heterocycles. The van der Waals surface area contributed by atoms with E-state index in [1.54, 1.807) is 10.9 Å². The number of fused-ring (bicyclic) bond motifs is 1. The highest BCUT2D eigenvalue weighted by molar-refractivity contribution is 5.85. The van der Waals surface area contributed by atoms with Gasteiger partial charge in [-0.1, -0.05) is 18.6 Å². The van der Waals surface area contributed by atoms with Gasteiger partial charge in [-0.2, -0.15) is 5.10 Å². The van der Waals surface area contributed by atoms with Crippen molar-refractivity contribution in [1.29, 1.82) is 0 Å². The minimum absolute atomic E-state index is 0.169. The summed E-state index contributed by atoms with van der Waals surface area (Å²) in [5.74, 6) is 0.759. The van der Waals surface area contributed by atoms with Crippen LogP contribution in [-0.2, 0) is 18.3 Å². The van der Waals surface area contributed by atoms with Gasteiger partial charge in [0.05, 0.1) is 24.7 Å². The molecule has 26 heavy (non-hydrogen) atoms. The normalized spacial score (nSPS) is 14.7. The summed E-state index contributed by atoms with van der Waals surface area (Å²) in [6.45, 7) is 0.474. The second kappa shape index (κ2) is 6.96. The first-order valence-electron chi connectivity index (χ1n) is 9.05. The van der Waals surface area contributed by atoms with Crippen molar-refractivity contribution in [3.63, 3.8) is 0 Å². The van der Waals surface area contributed by atoms with Gasteiger partial charge in [0.2, 0.25) is 0 Å². The molecule has 0 bridgehead atoms. The molecule has 0 saturated heterocycles. The maximum absolute atomic E-state index is 12.4. The predicted octanol–water partition coefficient (Wildman–Crippen LogP) is 2.63. The van der Waals surface area contributed by atoms with E-state index >= 15 is 0 Å². The van der Waals surface area contributed by atoms with E-state index in [0.717, 1.165) is 22.0 Å². The lowest BCUT2D eigenvalue weighted by Crippen LogP contribution is -2.40. The van der Waals surface area contributed by atoms with E-state index < -0.39 is 0 Å². The van der Waals surface area contributed by atoms with Crippen molar-refractivity contribution in [2.45, 2.75) is 31.7 Å². The number of carbonyl (C=O) groups is 1. The van der Waals surface area contributed by atoms with Crippen LogP contribution in [-0.4, -0.2) is 50.1 Å². The summed E-state index contributed by atoms with van der Waals surface area (Å²) >= 11 is 0. The number of rotatable bonds is 6. The number of hydrogen-bond donors (Lipinski definition) is 0. The summed E-state index contributed by atoms with van der Waals surface area (Å²) in [5.41, 5.74) is 2.97. The maximum Gasteiger partial charge on any atom is 0.154 e. The zero-order valence-corrected chi connectivity index (χ0v) is 15.2. The minimum atomic E-state index is 0.169. The lowest BCUT2D eigenvalue weighted by molar-refractivity contribution is -0.120. The number of nitrogens with zero attached hydrogens (tertiary/aromatic N) is 5. The Bertz CT molecular complexity index is 944. The lowest BCUT2D eigenvalue weighted by atomic mass is 9.92. The molecule has 2 aromatic heterocycles. The SMILES string of the molecule is CN(CC(=O)Cc1ncc2ccc(-c3cnn(C)c3)cc2n1)C1CCC1. The molecule has 0 amide bonds. The van der Waals surface area contributed by atoms with Gasteiger partial charge < -0.3 is 0 Å². The van der Waals surface area contributed by atoms with Gasteiger partial charge in [0.1, 0.15) is 5.82 Å². The predicted molar refractivity (Wildman–Crippen MR) is 101 cm³/mol. The Hall–Kier alpha value is -2.60. The van der Waals surface area contributed by atoms with Crippen LogP contribution in [0.2, 0.25) is 0 Å². The first-order valence-corrected chi connectivity index (χ1v) is 9.05. The van der Waals surface area contributed by atoms with E-state index in [0.29, 0.717) is 18.4 Å². The van der Waals surface area contributed by atoms with Crippen LogP contribution in [0.1, 0.15) is 25.1 Å². The van der Waals surface area contributed by atoms with Gasteiger partial charge in [-0.15, -0.1) is 0 Å². The smallest absolute Gasteiger partial charge is 0.154 e. The van der Waals surface area contributed by atoms with Crippen molar-refractivity contribution in [2.24, 2.45) is 7.05 Å². The van der Waals surface area contributed by atoms with Crippen molar-refractivity contribution in [3.8, 4) is 11.1 Å². The van der Waals surface area contributed by atoms with Crippen LogP contribution in [0.3, 0.4) is 0 Å². The van der Waals surface area contributed by atoms with E-state index in [-0.39, 0.29) is 12.2 Å². The molecule has 0 radical (unpaired) electrons. The Labute approximate surface area is 152 Å². The van der Waals surface area contributed by atoms with Crippen molar-refractivity contribution in [2.75, 3.05) is 13.6 Å². The second-order valence-electron chi connectivity index (χ2n) is 7.18. The van der Waals surface area contributed by atoms with Gasteiger partial charge in [0.15, 0.2) is 5.78 Å². The Morgan fingerprint density at radius 2 is 2.12 bits per heavy atom. The molecule has 4 rings (SSSR count). The third kappa shape index (κ3) is 3.51. The van der Waals surface area contributed by atoms with Gasteiger partial charge in [0.25, 0.3) is 0 Å². The molecule has 1 fully saturated rings. The van der Waals surface area contributed by atoms with E-state index in [9.17, 15) is 4.79 Å². The molecule has 0 unspecified atom stereocenters. The van der Waals surface area contributed by atoms with Gasteiger partial charge in [-0.05, 0) is 31.5 Å². The summed E-state index contributed by atoms with van der Waals surface area (Å²) in [6, 6.07) is 6.65. The van der Waals surface area contributed by atoms with Crippen LogP contribution in [0, 0.1) is 0 Å². The summed E-state index contributed by atoms with van der Waals surface area (Å²) < 4.78 is 1.78. The summed E-state index contributed by atoms with van der Waals surface area (Å²) in [7, 11) is 3.93. The fourth-order valence-corrected chi connectivity index (χ4v) is 3.36. The highest BCUT2D eigenvalue weighted by atomic mass is 16.1. The van der Waals surface area contributed by atoms with Gasteiger partial charge in [0, 0.05) is 36.4 Å². The van der Waals surface area contributed by atoms with Crippen LogP contribution >= 0.6 is 0 Å². The highest BCUT2D eigenvalue weighted by Crippen LogP contribution is 2.24. The first-order chi connectivity index (χ1) is 12.6. The van der Waals surface area contributed by atoms with Crippen LogP contribution in [0.25, 0.3) is 22.0 Å². The molecule has 0 N–H and O–H groups in total. The average molecular weight is 349 g/mol. The molecule has 1 aromatic carbocycles. The highest BCUT2D eigenvalue weighted by Gasteiger charge is 2.23. The number of Topliss-reactive ketones (excluding diaryl/α,β-unsaturated/α-hetero) is 1. The molecule has 2 heterocycles. The van der Waals surface area contributed by atoms with E-state index in [1.165, 1.54) is 19.3 Å². The standard InChI is InChI=1S/C20H23N5O/c1-24(17-4-3-5-17)13-18(26)9-20-21-10-15-7-6-14(8-19(15)23-20)16-11-22-25(2)12-16/h6-8,10-12,17H,3-5,9,13H2,1-2H3. The Balaban J connectivity index is 1.51. The monoisotopic (exact) mass is 349 g/mol. The van der Waals surface area contributed by atoms with E-state index in [2.05, 4.69) is 20.0 Å². The minimum Gasteiger partial charge on any atom is -0.298 e. The Kier molecular flexibility index (Phi) is 4.51. The molecule has 1 aliphatic carbocycles. The fourth-order valence-electron chi connectivity index (χ4n) is 3.36. The Morgan fingerprint density at radius 1 is 1.27 bits per heavy atom. The average Bonchev–Trinajstić information content (AvgIpc) is 2.98. The topological polar surface area (TPSA) is 63.9 Å². The van der Waals surface area contributed by atoms with Gasteiger partial charge in [-0.25, -0.2) is 9.97 Å². The van der Waals surface area contributed by atoms with Gasteiger partial charge in [-0.3, -0.25) is 14.4 Å².